The molecule has 0 spiro atoms. The van der Waals surface area contributed by atoms with Crippen molar-refractivity contribution in [2.45, 2.75) is 33.2 Å². The van der Waals surface area contributed by atoms with Crippen molar-refractivity contribution in [2.75, 3.05) is 6.61 Å². The number of hydrogen-bond acceptors (Lipinski definition) is 7. The molecule has 0 fully saturated rings. The zero-order valence-corrected chi connectivity index (χ0v) is 14.6. The summed E-state index contributed by atoms with van der Waals surface area (Å²) in [6.45, 7) is 5.57. The molecule has 0 radical (unpaired) electrons. The van der Waals surface area contributed by atoms with E-state index in [1.807, 2.05) is 13.8 Å². The molecule has 1 aromatic carbocycles. The third kappa shape index (κ3) is 6.09. The van der Waals surface area contributed by atoms with Crippen molar-refractivity contribution < 1.29 is 24.3 Å². The third-order valence-corrected chi connectivity index (χ3v) is 3.23. The standard InChI is InChI=1S/C15H20N4O7/c1-4-26-17-15(21)13(5-9(2)3)16-14(20)10-6-11(18(22)23)8-12(7-10)19(24)25/h6-9,13H,4-5H2,1-3H3,(H,16,20)(H,17,21)/t13-/m0/s1. The lowest BCUT2D eigenvalue weighted by atomic mass is 10.0. The second-order valence-electron chi connectivity index (χ2n) is 5.81. The summed E-state index contributed by atoms with van der Waals surface area (Å²) in [6.07, 6.45) is 0.279. The number of amides is 2. The summed E-state index contributed by atoms with van der Waals surface area (Å²) in [5.41, 5.74) is 0.708. The molecule has 0 aromatic heterocycles. The minimum atomic E-state index is -0.965. The summed E-state index contributed by atoms with van der Waals surface area (Å²) >= 11 is 0. The monoisotopic (exact) mass is 368 g/mol. The van der Waals surface area contributed by atoms with Gasteiger partial charge < -0.3 is 5.32 Å². The zero-order chi connectivity index (χ0) is 19.9. The summed E-state index contributed by atoms with van der Waals surface area (Å²) in [5, 5.41) is 24.3. The van der Waals surface area contributed by atoms with Crippen LogP contribution < -0.4 is 10.8 Å². The van der Waals surface area contributed by atoms with E-state index in [4.69, 9.17) is 4.84 Å². The fraction of sp³-hybridized carbons (Fsp3) is 0.467. The minimum absolute atomic E-state index is 0.0483. The molecule has 0 aliphatic carbocycles. The van der Waals surface area contributed by atoms with E-state index in [1.54, 1.807) is 6.92 Å². The van der Waals surface area contributed by atoms with Crippen molar-refractivity contribution in [2.24, 2.45) is 5.92 Å². The van der Waals surface area contributed by atoms with Crippen LogP contribution in [0.4, 0.5) is 11.4 Å². The Morgan fingerprint density at radius 3 is 2.08 bits per heavy atom. The molecule has 0 bridgehead atoms. The van der Waals surface area contributed by atoms with E-state index in [0.29, 0.717) is 0 Å². The SMILES string of the molecule is CCONC(=O)[C@H](CC(C)C)NC(=O)c1cc([N+](=O)[O-])cc([N+](=O)[O-])c1. The average Bonchev–Trinajstić information content (AvgIpc) is 2.57. The van der Waals surface area contributed by atoms with Gasteiger partial charge >= 0.3 is 0 Å². The molecule has 0 aliphatic heterocycles. The summed E-state index contributed by atoms with van der Waals surface area (Å²) < 4.78 is 0. The summed E-state index contributed by atoms with van der Waals surface area (Å²) in [7, 11) is 0. The maximum absolute atomic E-state index is 12.4. The average molecular weight is 368 g/mol. The summed E-state index contributed by atoms with van der Waals surface area (Å²) in [6, 6.07) is 1.61. The molecule has 0 saturated carbocycles. The molecule has 1 atom stereocenters. The second-order valence-corrected chi connectivity index (χ2v) is 5.81. The van der Waals surface area contributed by atoms with Crippen molar-refractivity contribution in [1.29, 1.82) is 0 Å². The molecule has 1 aromatic rings. The first-order chi connectivity index (χ1) is 12.1. The molecule has 0 aliphatic rings. The predicted octanol–water partition coefficient (Wildman–Crippen LogP) is 1.72. The van der Waals surface area contributed by atoms with Crippen molar-refractivity contribution >= 4 is 23.2 Å². The van der Waals surface area contributed by atoms with Crippen molar-refractivity contribution in [3.8, 4) is 0 Å². The van der Waals surface area contributed by atoms with E-state index in [9.17, 15) is 29.8 Å². The molecule has 1 rings (SSSR count). The predicted molar refractivity (Wildman–Crippen MR) is 90.2 cm³/mol. The van der Waals surface area contributed by atoms with E-state index in [-0.39, 0.29) is 24.5 Å². The van der Waals surface area contributed by atoms with Crippen molar-refractivity contribution in [3.63, 3.8) is 0 Å². The van der Waals surface area contributed by atoms with Gasteiger partial charge in [0.25, 0.3) is 23.2 Å². The molecule has 26 heavy (non-hydrogen) atoms. The van der Waals surface area contributed by atoms with E-state index >= 15 is 0 Å². The van der Waals surface area contributed by atoms with Crippen LogP contribution in [0.5, 0.6) is 0 Å². The number of non-ortho nitro benzene ring substituents is 2. The molecule has 0 saturated heterocycles. The lowest BCUT2D eigenvalue weighted by Gasteiger charge is -2.19. The van der Waals surface area contributed by atoms with Crippen LogP contribution in [0.3, 0.4) is 0 Å². The smallest absolute Gasteiger partial charge is 0.277 e. The maximum atomic E-state index is 12.4. The Morgan fingerprint density at radius 1 is 1.12 bits per heavy atom. The number of carbonyl (C=O) groups is 2. The summed E-state index contributed by atoms with van der Waals surface area (Å²) in [4.78, 5) is 49.4. The first kappa shape index (κ1) is 21.0. The van der Waals surface area contributed by atoms with Gasteiger partial charge in [-0.2, -0.15) is 0 Å². The van der Waals surface area contributed by atoms with Crippen LogP contribution in [0.15, 0.2) is 18.2 Å². The molecule has 0 heterocycles. The van der Waals surface area contributed by atoms with Crippen LogP contribution in [0.1, 0.15) is 37.6 Å². The highest BCUT2D eigenvalue weighted by molar-refractivity contribution is 5.98. The molecule has 11 nitrogen and oxygen atoms in total. The Bertz CT molecular complexity index is 673. The van der Waals surface area contributed by atoms with Gasteiger partial charge in [0.2, 0.25) is 0 Å². The number of hydrogen-bond donors (Lipinski definition) is 2. The Kier molecular flexibility index (Phi) is 7.59. The highest BCUT2D eigenvalue weighted by Crippen LogP contribution is 2.23. The molecule has 2 amide bonds. The topological polar surface area (TPSA) is 154 Å². The van der Waals surface area contributed by atoms with Gasteiger partial charge in [0.15, 0.2) is 0 Å². The first-order valence-corrected chi connectivity index (χ1v) is 7.82. The third-order valence-electron chi connectivity index (χ3n) is 3.23. The fourth-order valence-corrected chi connectivity index (χ4v) is 2.10. The van der Waals surface area contributed by atoms with Crippen LogP contribution in [0.2, 0.25) is 0 Å². The number of nitro benzene ring substituents is 2. The highest BCUT2D eigenvalue weighted by Gasteiger charge is 2.25. The molecular formula is C15H20N4O7. The van der Waals surface area contributed by atoms with Crippen LogP contribution in [0, 0.1) is 26.1 Å². The quantitative estimate of drug-likeness (QED) is 0.497. The largest absolute Gasteiger partial charge is 0.340 e. The summed E-state index contributed by atoms with van der Waals surface area (Å²) in [5.74, 6) is -1.38. The van der Waals surface area contributed by atoms with Crippen LogP contribution in [0.25, 0.3) is 0 Å². The van der Waals surface area contributed by atoms with Gasteiger partial charge in [-0.1, -0.05) is 13.8 Å². The number of carbonyl (C=O) groups excluding carboxylic acids is 2. The molecule has 2 N–H and O–H groups in total. The lowest BCUT2D eigenvalue weighted by molar-refractivity contribution is -0.394. The van der Waals surface area contributed by atoms with Crippen LogP contribution in [-0.4, -0.2) is 34.3 Å². The number of hydroxylamine groups is 1. The molecule has 0 unspecified atom stereocenters. The molecule has 142 valence electrons. The number of nitro groups is 2. The van der Waals surface area contributed by atoms with Crippen LogP contribution in [-0.2, 0) is 9.63 Å². The Balaban J connectivity index is 3.09. The number of benzene rings is 1. The van der Waals surface area contributed by atoms with Gasteiger partial charge in [-0.25, -0.2) is 5.48 Å². The zero-order valence-electron chi connectivity index (χ0n) is 14.6. The number of nitrogens with zero attached hydrogens (tertiary/aromatic N) is 2. The first-order valence-electron chi connectivity index (χ1n) is 7.82. The van der Waals surface area contributed by atoms with E-state index in [2.05, 4.69) is 10.8 Å². The van der Waals surface area contributed by atoms with Gasteiger partial charge in [-0.3, -0.25) is 34.7 Å². The van der Waals surface area contributed by atoms with Crippen molar-refractivity contribution in [1.82, 2.24) is 10.8 Å². The Hall–Kier alpha value is -3.08. The Morgan fingerprint density at radius 2 is 1.65 bits per heavy atom. The minimum Gasteiger partial charge on any atom is -0.340 e. The number of rotatable bonds is 9. The van der Waals surface area contributed by atoms with Crippen molar-refractivity contribution in [3.05, 3.63) is 44.0 Å². The van der Waals surface area contributed by atoms with Gasteiger partial charge in [0.1, 0.15) is 6.04 Å². The fourth-order valence-electron chi connectivity index (χ4n) is 2.10. The van der Waals surface area contributed by atoms with E-state index < -0.39 is 39.1 Å². The van der Waals surface area contributed by atoms with E-state index in [0.717, 1.165) is 18.2 Å². The lowest BCUT2D eigenvalue weighted by Crippen LogP contribution is -2.47. The van der Waals surface area contributed by atoms with E-state index in [1.165, 1.54) is 0 Å². The molecule has 11 heteroatoms. The number of nitrogens with one attached hydrogen (secondary N) is 2. The van der Waals surface area contributed by atoms with Gasteiger partial charge in [0, 0.05) is 12.1 Å². The van der Waals surface area contributed by atoms with Gasteiger partial charge in [-0.15, -0.1) is 0 Å². The molecular weight excluding hydrogens is 348 g/mol. The van der Waals surface area contributed by atoms with Crippen LogP contribution >= 0.6 is 0 Å². The maximum Gasteiger partial charge on any atom is 0.277 e. The van der Waals surface area contributed by atoms with Gasteiger partial charge in [-0.05, 0) is 19.3 Å². The Labute approximate surface area is 149 Å². The second kappa shape index (κ2) is 9.42. The van der Waals surface area contributed by atoms with Gasteiger partial charge in [0.05, 0.1) is 28.1 Å². The normalized spacial score (nSPS) is 11.7. The highest BCUT2D eigenvalue weighted by atomic mass is 16.7.